The number of ether oxygens (including phenoxy) is 1. The molecule has 2 unspecified atom stereocenters. The Labute approximate surface area is 109 Å². The van der Waals surface area contributed by atoms with Gasteiger partial charge in [-0.15, -0.1) is 0 Å². The number of amidine groups is 1. The van der Waals surface area contributed by atoms with Crippen molar-refractivity contribution in [2.45, 2.75) is 12.3 Å². The van der Waals surface area contributed by atoms with E-state index in [1.54, 1.807) is 0 Å². The minimum atomic E-state index is -4.55. The Morgan fingerprint density at radius 1 is 1.63 bits per heavy atom. The first-order valence-corrected chi connectivity index (χ1v) is 5.89. The van der Waals surface area contributed by atoms with Gasteiger partial charge in [0, 0.05) is 26.2 Å². The van der Waals surface area contributed by atoms with Crippen molar-refractivity contribution in [1.29, 1.82) is 0 Å². The van der Waals surface area contributed by atoms with Gasteiger partial charge in [-0.1, -0.05) is 5.16 Å². The first kappa shape index (κ1) is 16.0. The van der Waals surface area contributed by atoms with Crippen molar-refractivity contribution in [1.82, 2.24) is 10.2 Å². The number of nitrogens with two attached hydrogens (primary N) is 1. The summed E-state index contributed by atoms with van der Waals surface area (Å²) >= 11 is 0. The number of alkyl halides is 3. The Bertz CT molecular complexity index is 312. The number of rotatable bonds is 5. The van der Waals surface area contributed by atoms with E-state index >= 15 is 0 Å². The lowest BCUT2D eigenvalue weighted by atomic mass is 10.1. The molecule has 19 heavy (non-hydrogen) atoms. The highest BCUT2D eigenvalue weighted by Gasteiger charge is 2.42. The molecule has 1 heterocycles. The van der Waals surface area contributed by atoms with Crippen molar-refractivity contribution in [3.8, 4) is 0 Å². The molecular weight excluding hydrogens is 265 g/mol. The fourth-order valence-corrected chi connectivity index (χ4v) is 1.84. The van der Waals surface area contributed by atoms with Crippen LogP contribution in [0.15, 0.2) is 5.16 Å². The number of morpholine rings is 1. The molecule has 0 saturated carbocycles. The standard InChI is InChI=1S/C10H19F3N4O2/c1-17-2-3-19-7(6-17)4-15-5-8(9(14)16-18)10(11,12)13/h7-8,15,18H,2-6H2,1H3,(H2,14,16). The molecule has 9 heteroatoms. The highest BCUT2D eigenvalue weighted by molar-refractivity contribution is 5.83. The zero-order chi connectivity index (χ0) is 14.5. The Hall–Kier alpha value is -1.06. The molecule has 1 saturated heterocycles. The van der Waals surface area contributed by atoms with Crippen molar-refractivity contribution in [3.63, 3.8) is 0 Å². The first-order valence-electron chi connectivity index (χ1n) is 5.89. The van der Waals surface area contributed by atoms with Crippen molar-refractivity contribution < 1.29 is 23.1 Å². The summed E-state index contributed by atoms with van der Waals surface area (Å²) in [6, 6.07) is 0. The molecule has 0 aromatic heterocycles. The summed E-state index contributed by atoms with van der Waals surface area (Å²) in [6.07, 6.45) is -4.70. The highest BCUT2D eigenvalue weighted by atomic mass is 19.4. The summed E-state index contributed by atoms with van der Waals surface area (Å²) in [4.78, 5) is 2.04. The quantitative estimate of drug-likeness (QED) is 0.283. The lowest BCUT2D eigenvalue weighted by Gasteiger charge is -2.30. The molecule has 0 radical (unpaired) electrons. The van der Waals surface area contributed by atoms with Crippen LogP contribution in [-0.2, 0) is 4.74 Å². The van der Waals surface area contributed by atoms with Crippen LogP contribution in [-0.4, -0.2) is 68.1 Å². The molecule has 112 valence electrons. The molecule has 0 spiro atoms. The molecule has 1 fully saturated rings. The van der Waals surface area contributed by atoms with E-state index in [4.69, 9.17) is 15.7 Å². The Morgan fingerprint density at radius 2 is 2.32 bits per heavy atom. The second kappa shape index (κ2) is 6.92. The highest BCUT2D eigenvalue weighted by Crippen LogP contribution is 2.25. The van der Waals surface area contributed by atoms with E-state index in [-0.39, 0.29) is 12.6 Å². The third-order valence-corrected chi connectivity index (χ3v) is 2.93. The Morgan fingerprint density at radius 3 is 2.84 bits per heavy atom. The molecule has 0 aromatic rings. The Kier molecular flexibility index (Phi) is 5.83. The third kappa shape index (κ3) is 5.21. The van der Waals surface area contributed by atoms with Crippen LogP contribution in [0.5, 0.6) is 0 Å². The van der Waals surface area contributed by atoms with Crippen LogP contribution in [0.4, 0.5) is 13.2 Å². The summed E-state index contributed by atoms with van der Waals surface area (Å²) in [7, 11) is 1.92. The van der Waals surface area contributed by atoms with E-state index in [9.17, 15) is 13.2 Å². The van der Waals surface area contributed by atoms with Crippen LogP contribution in [0.1, 0.15) is 0 Å². The van der Waals surface area contributed by atoms with E-state index in [0.29, 0.717) is 13.2 Å². The van der Waals surface area contributed by atoms with Crippen molar-refractivity contribution in [2.24, 2.45) is 16.8 Å². The van der Waals surface area contributed by atoms with Crippen molar-refractivity contribution >= 4 is 5.84 Å². The normalized spacial score (nSPS) is 24.4. The average molecular weight is 284 g/mol. The molecule has 0 bridgehead atoms. The topological polar surface area (TPSA) is 83.1 Å². The van der Waals surface area contributed by atoms with Crippen molar-refractivity contribution in [2.75, 3.05) is 39.8 Å². The second-order valence-corrected chi connectivity index (χ2v) is 4.53. The fourth-order valence-electron chi connectivity index (χ4n) is 1.84. The average Bonchev–Trinajstić information content (AvgIpc) is 2.32. The Balaban J connectivity index is 2.40. The number of hydrogen-bond acceptors (Lipinski definition) is 5. The van der Waals surface area contributed by atoms with Crippen molar-refractivity contribution in [3.05, 3.63) is 0 Å². The van der Waals surface area contributed by atoms with Gasteiger partial charge >= 0.3 is 6.18 Å². The van der Waals surface area contributed by atoms with E-state index in [1.807, 2.05) is 11.9 Å². The molecule has 1 aliphatic rings. The van der Waals surface area contributed by atoms with E-state index in [2.05, 4.69) is 10.5 Å². The largest absolute Gasteiger partial charge is 0.409 e. The summed E-state index contributed by atoms with van der Waals surface area (Å²) in [5.41, 5.74) is 5.05. The third-order valence-electron chi connectivity index (χ3n) is 2.93. The number of halogens is 3. The van der Waals surface area contributed by atoms with Crippen LogP contribution >= 0.6 is 0 Å². The fraction of sp³-hybridized carbons (Fsp3) is 0.900. The maximum Gasteiger partial charge on any atom is 0.400 e. The maximum absolute atomic E-state index is 12.6. The molecule has 1 aliphatic heterocycles. The summed E-state index contributed by atoms with van der Waals surface area (Å²) in [6.45, 7) is 1.88. The zero-order valence-corrected chi connectivity index (χ0v) is 10.7. The van der Waals surface area contributed by atoms with Gasteiger partial charge in [-0.05, 0) is 7.05 Å². The van der Waals surface area contributed by atoms with E-state index in [1.165, 1.54) is 0 Å². The minimum Gasteiger partial charge on any atom is -0.409 e. The van der Waals surface area contributed by atoms with Crippen LogP contribution in [0.3, 0.4) is 0 Å². The zero-order valence-electron chi connectivity index (χ0n) is 10.7. The second-order valence-electron chi connectivity index (χ2n) is 4.53. The van der Waals surface area contributed by atoms with E-state index in [0.717, 1.165) is 6.54 Å². The predicted molar refractivity (Wildman–Crippen MR) is 63.1 cm³/mol. The van der Waals surface area contributed by atoms with Crippen LogP contribution < -0.4 is 11.1 Å². The maximum atomic E-state index is 12.6. The summed E-state index contributed by atoms with van der Waals surface area (Å²) in [5, 5.41) is 13.4. The monoisotopic (exact) mass is 284 g/mol. The molecule has 2 atom stereocenters. The van der Waals surface area contributed by atoms with Gasteiger partial charge in [-0.2, -0.15) is 13.2 Å². The number of oxime groups is 1. The minimum absolute atomic E-state index is 0.153. The van der Waals surface area contributed by atoms with Gasteiger partial charge in [0.2, 0.25) is 0 Å². The van der Waals surface area contributed by atoms with Crippen LogP contribution in [0.2, 0.25) is 0 Å². The van der Waals surface area contributed by atoms with Gasteiger partial charge in [0.05, 0.1) is 12.7 Å². The summed E-state index contributed by atoms with van der Waals surface area (Å²) in [5.74, 6) is -2.85. The number of nitrogens with zero attached hydrogens (tertiary/aromatic N) is 2. The van der Waals surface area contributed by atoms with E-state index < -0.39 is 24.5 Å². The predicted octanol–water partition coefficient (Wildman–Crippen LogP) is -0.168. The number of hydrogen-bond donors (Lipinski definition) is 3. The van der Waals surface area contributed by atoms with Gasteiger partial charge in [0.25, 0.3) is 0 Å². The molecule has 0 aliphatic carbocycles. The smallest absolute Gasteiger partial charge is 0.400 e. The van der Waals surface area contributed by atoms with Crippen LogP contribution in [0, 0.1) is 5.92 Å². The SMILES string of the molecule is CN1CCOC(CNCC(C(N)=NO)C(F)(F)F)C1. The molecule has 1 rings (SSSR count). The number of nitrogens with one attached hydrogen (secondary N) is 1. The lowest BCUT2D eigenvalue weighted by Crippen LogP contribution is -2.48. The van der Waals surface area contributed by atoms with Gasteiger partial charge in [-0.3, -0.25) is 0 Å². The molecular formula is C10H19F3N4O2. The van der Waals surface area contributed by atoms with Crippen LogP contribution in [0.25, 0.3) is 0 Å². The lowest BCUT2D eigenvalue weighted by molar-refractivity contribution is -0.155. The van der Waals surface area contributed by atoms with Gasteiger partial charge < -0.3 is 25.9 Å². The van der Waals surface area contributed by atoms with Gasteiger partial charge in [0.15, 0.2) is 5.84 Å². The molecule has 0 aromatic carbocycles. The molecule has 0 amide bonds. The first-order chi connectivity index (χ1) is 8.84. The van der Waals surface area contributed by atoms with Gasteiger partial charge in [0.1, 0.15) is 5.92 Å². The molecule has 4 N–H and O–H groups in total. The summed E-state index contributed by atoms with van der Waals surface area (Å²) < 4.78 is 43.3. The van der Waals surface area contributed by atoms with Gasteiger partial charge in [-0.25, -0.2) is 0 Å². The molecule has 6 nitrogen and oxygen atoms in total. The number of likely N-dealkylation sites (N-methyl/N-ethyl adjacent to an activating group) is 1.